The third-order valence-corrected chi connectivity index (χ3v) is 9.35. The van der Waals surface area contributed by atoms with Gasteiger partial charge < -0.3 is 46.6 Å². The summed E-state index contributed by atoms with van der Waals surface area (Å²) in [6.07, 6.45) is 3.87. The Kier molecular flexibility index (Phi) is 12.1. The van der Waals surface area contributed by atoms with E-state index in [1.54, 1.807) is 24.5 Å². The zero-order valence-electron chi connectivity index (χ0n) is 29.2. The minimum Gasteiger partial charge on any atom is -0.391 e. The number of amides is 6. The van der Waals surface area contributed by atoms with Crippen LogP contribution in [0.2, 0.25) is 0 Å². The molecular formula is C36H48N8O7. The van der Waals surface area contributed by atoms with Crippen molar-refractivity contribution in [3.8, 4) is 0 Å². The number of nitrogens with zero attached hydrogens (tertiary/aromatic N) is 1. The molecule has 2 aliphatic heterocycles. The third-order valence-electron chi connectivity index (χ3n) is 9.35. The monoisotopic (exact) mass is 704 g/mol. The number of hydrogen-bond acceptors (Lipinski definition) is 7. The molecule has 2 aliphatic rings. The predicted octanol–water partition coefficient (Wildman–Crippen LogP) is 0.619. The van der Waals surface area contributed by atoms with Crippen molar-refractivity contribution in [3.05, 3.63) is 60.0 Å². The number of rotatable bonds is 6. The van der Waals surface area contributed by atoms with E-state index in [0.717, 1.165) is 16.5 Å². The van der Waals surface area contributed by atoms with Crippen LogP contribution in [0.15, 0.2) is 48.8 Å². The van der Waals surface area contributed by atoms with Crippen LogP contribution in [0.1, 0.15) is 68.9 Å². The number of para-hydroxylation sites is 1. The molecule has 0 unspecified atom stereocenters. The number of hydrogen-bond donors (Lipinski definition) is 8. The summed E-state index contributed by atoms with van der Waals surface area (Å²) in [6, 6.07) is 5.50. The highest BCUT2D eigenvalue weighted by atomic mass is 16.3. The number of fused-ring (bicyclic) bond motifs is 2. The van der Waals surface area contributed by atoms with Gasteiger partial charge in [0.25, 0.3) is 5.91 Å². The Morgan fingerprint density at radius 1 is 0.922 bits per heavy atom. The van der Waals surface area contributed by atoms with Gasteiger partial charge in [0.1, 0.15) is 35.9 Å². The van der Waals surface area contributed by atoms with E-state index in [9.17, 15) is 33.9 Å². The van der Waals surface area contributed by atoms with Gasteiger partial charge in [-0.05, 0) is 62.3 Å². The number of carbonyl (C=O) groups is 6. The van der Waals surface area contributed by atoms with Crippen molar-refractivity contribution >= 4 is 46.3 Å². The molecular weight excluding hydrogens is 656 g/mol. The van der Waals surface area contributed by atoms with Crippen molar-refractivity contribution in [3.63, 3.8) is 0 Å². The lowest BCUT2D eigenvalue weighted by molar-refractivity contribution is -0.142. The molecule has 2 aromatic heterocycles. The van der Waals surface area contributed by atoms with Crippen LogP contribution in [-0.2, 0) is 30.4 Å². The summed E-state index contributed by atoms with van der Waals surface area (Å²) in [7, 11) is 0. The number of H-pyrrole nitrogens is 2. The molecule has 6 amide bonds. The molecule has 4 heterocycles. The van der Waals surface area contributed by atoms with E-state index < -0.39 is 71.8 Å². The zero-order chi connectivity index (χ0) is 36.7. The van der Waals surface area contributed by atoms with Gasteiger partial charge in [-0.1, -0.05) is 32.0 Å². The molecule has 2 fully saturated rings. The molecule has 0 saturated carbocycles. The molecule has 1 aromatic carbocycles. The average molecular weight is 705 g/mol. The van der Waals surface area contributed by atoms with Crippen molar-refractivity contribution in [2.45, 2.75) is 95.6 Å². The molecule has 0 aliphatic carbocycles. The Morgan fingerprint density at radius 3 is 2.43 bits per heavy atom. The summed E-state index contributed by atoms with van der Waals surface area (Å²) < 4.78 is 0. The summed E-state index contributed by atoms with van der Waals surface area (Å²) >= 11 is 0. The van der Waals surface area contributed by atoms with Crippen molar-refractivity contribution in [1.29, 1.82) is 0 Å². The normalized spacial score (nSPS) is 26.0. The maximum atomic E-state index is 14.1. The van der Waals surface area contributed by atoms with Crippen LogP contribution >= 0.6 is 0 Å². The molecule has 0 bridgehead atoms. The van der Waals surface area contributed by atoms with Crippen LogP contribution < -0.4 is 26.6 Å². The van der Waals surface area contributed by atoms with Crippen molar-refractivity contribution in [1.82, 2.24) is 41.5 Å². The minimum atomic E-state index is -1.16. The van der Waals surface area contributed by atoms with Crippen LogP contribution in [0, 0.1) is 5.92 Å². The highest BCUT2D eigenvalue weighted by Gasteiger charge is 2.42. The number of carbonyl (C=O) groups excluding carboxylic acids is 6. The number of nitrogens with one attached hydrogen (secondary N) is 7. The van der Waals surface area contributed by atoms with Crippen LogP contribution in [0.3, 0.4) is 0 Å². The topological polar surface area (TPSA) is 218 Å². The van der Waals surface area contributed by atoms with Gasteiger partial charge in [-0.2, -0.15) is 0 Å². The summed E-state index contributed by atoms with van der Waals surface area (Å²) in [5.74, 6) is -3.30. The van der Waals surface area contributed by atoms with E-state index in [0.29, 0.717) is 12.8 Å². The van der Waals surface area contributed by atoms with Crippen molar-refractivity contribution in [2.75, 3.05) is 13.1 Å². The SMILES string of the molecule is CC(C)C[C@H]1NC(=O)[C@H](Cc2c[nH]c3ccccc23)NC(=O)[C@@H](C)NC(=O)[C@@H](NC(=O)c2ccc[nH]2)CCCCNC(=O)[C@@H]2C[C@@H](O)CN2C1=O. The molecule has 5 rings (SSSR count). The van der Waals surface area contributed by atoms with E-state index in [1.807, 2.05) is 38.1 Å². The van der Waals surface area contributed by atoms with Gasteiger partial charge >= 0.3 is 0 Å². The molecule has 0 radical (unpaired) electrons. The lowest BCUT2D eigenvalue weighted by Crippen LogP contribution is -2.59. The molecule has 51 heavy (non-hydrogen) atoms. The van der Waals surface area contributed by atoms with Crippen molar-refractivity contribution in [2.24, 2.45) is 5.92 Å². The summed E-state index contributed by atoms with van der Waals surface area (Å²) in [5.41, 5.74) is 1.85. The second-order valence-electron chi connectivity index (χ2n) is 13.8. The number of benzene rings is 1. The second kappa shape index (κ2) is 16.7. The maximum Gasteiger partial charge on any atom is 0.268 e. The summed E-state index contributed by atoms with van der Waals surface area (Å²) in [4.78, 5) is 88.9. The molecule has 274 valence electrons. The standard InChI is InChI=1S/C36H48N8O7/c1-20(2)15-29-36(51)44-19-23(45)17-30(44)35(50)38-13-7-6-11-27(41-32(47)26-12-8-14-37-26)33(48)40-21(3)31(46)42-28(34(49)43-29)16-22-18-39-25-10-5-4-9-24(22)25/h4-5,8-10,12,14,18,20-21,23,27-30,37,39,45H,6-7,11,13,15-17,19H2,1-3H3,(H,38,50)(H,40,48)(H,41,47)(H,42,46)(H,43,49)/t21-,23-,27+,28+,29-,30+/m1/s1. The van der Waals surface area contributed by atoms with Gasteiger partial charge in [0, 0.05) is 49.2 Å². The zero-order valence-corrected chi connectivity index (χ0v) is 29.2. The van der Waals surface area contributed by atoms with Gasteiger partial charge in [-0.25, -0.2) is 0 Å². The van der Waals surface area contributed by atoms with Crippen LogP contribution in [-0.4, -0.2) is 105 Å². The Hall–Kier alpha value is -5.18. The fraction of sp³-hybridized carbons (Fsp3) is 0.500. The van der Waals surface area contributed by atoms with Crippen LogP contribution in [0.25, 0.3) is 10.9 Å². The van der Waals surface area contributed by atoms with E-state index >= 15 is 0 Å². The number of aromatic amines is 2. The number of aliphatic hydroxyl groups is 1. The molecule has 15 heteroatoms. The fourth-order valence-corrected chi connectivity index (χ4v) is 6.66. The molecule has 0 spiro atoms. The van der Waals surface area contributed by atoms with Gasteiger partial charge in [-0.15, -0.1) is 0 Å². The highest BCUT2D eigenvalue weighted by Crippen LogP contribution is 2.23. The predicted molar refractivity (Wildman–Crippen MR) is 188 cm³/mol. The lowest BCUT2D eigenvalue weighted by atomic mass is 10.00. The number of aliphatic hydroxyl groups excluding tert-OH is 1. The first-order chi connectivity index (χ1) is 24.4. The third kappa shape index (κ3) is 9.34. The minimum absolute atomic E-state index is 0.0250. The Bertz CT molecular complexity index is 1720. The Morgan fingerprint density at radius 2 is 1.69 bits per heavy atom. The Labute approximate surface area is 296 Å². The Balaban J connectivity index is 1.45. The lowest BCUT2D eigenvalue weighted by Gasteiger charge is -2.30. The molecule has 8 N–H and O–H groups in total. The first-order valence-corrected chi connectivity index (χ1v) is 17.6. The van der Waals surface area contributed by atoms with E-state index in [1.165, 1.54) is 11.8 Å². The maximum absolute atomic E-state index is 14.1. The average Bonchev–Trinajstić information content (AvgIpc) is 3.86. The van der Waals surface area contributed by atoms with E-state index in [2.05, 4.69) is 36.6 Å². The van der Waals surface area contributed by atoms with Gasteiger partial charge in [0.15, 0.2) is 0 Å². The first-order valence-electron chi connectivity index (χ1n) is 17.6. The molecule has 15 nitrogen and oxygen atoms in total. The van der Waals surface area contributed by atoms with Crippen LogP contribution in [0.5, 0.6) is 0 Å². The summed E-state index contributed by atoms with van der Waals surface area (Å²) in [5, 5.41) is 25.3. The van der Waals surface area contributed by atoms with Gasteiger partial charge in [0.2, 0.25) is 29.5 Å². The van der Waals surface area contributed by atoms with E-state index in [-0.39, 0.29) is 50.4 Å². The molecule has 2 saturated heterocycles. The highest BCUT2D eigenvalue weighted by molar-refractivity contribution is 5.98. The van der Waals surface area contributed by atoms with Crippen molar-refractivity contribution < 1.29 is 33.9 Å². The molecule has 3 aromatic rings. The van der Waals surface area contributed by atoms with Gasteiger partial charge in [-0.3, -0.25) is 28.8 Å². The summed E-state index contributed by atoms with van der Waals surface area (Å²) in [6.45, 7) is 5.46. The van der Waals surface area contributed by atoms with Gasteiger partial charge in [0.05, 0.1) is 6.10 Å². The fourth-order valence-electron chi connectivity index (χ4n) is 6.66. The number of aromatic nitrogens is 2. The van der Waals surface area contributed by atoms with Crippen LogP contribution in [0.4, 0.5) is 0 Å². The first kappa shape index (κ1) is 37.1. The smallest absolute Gasteiger partial charge is 0.268 e. The largest absolute Gasteiger partial charge is 0.391 e. The second-order valence-corrected chi connectivity index (χ2v) is 13.8. The quantitative estimate of drug-likeness (QED) is 0.183. The van der Waals surface area contributed by atoms with E-state index in [4.69, 9.17) is 0 Å². The molecule has 6 atom stereocenters.